The molecule has 44 heavy (non-hydrogen) atoms. The Morgan fingerprint density at radius 1 is 1.05 bits per heavy atom. The van der Waals surface area contributed by atoms with Gasteiger partial charge in [-0.1, -0.05) is 24.8 Å². The van der Waals surface area contributed by atoms with Crippen LogP contribution in [0.4, 0.5) is 27.6 Å². The zero-order valence-corrected chi connectivity index (χ0v) is 24.1. The second-order valence-electron chi connectivity index (χ2n) is 12.5. The molecule has 3 aliphatic carbocycles. The first-order valence-corrected chi connectivity index (χ1v) is 14.6. The Bertz CT molecular complexity index is 1670. The Balaban J connectivity index is 1.35. The predicted molar refractivity (Wildman–Crippen MR) is 144 cm³/mol. The molecule has 0 unspecified atom stereocenters. The summed E-state index contributed by atoms with van der Waals surface area (Å²) in [6, 6.07) is 1.93. The summed E-state index contributed by atoms with van der Waals surface area (Å²) in [5.74, 6) is -15.5. The number of thioether (sulfide) groups is 1. The minimum Gasteiger partial charge on any atom is -0.506 e. The van der Waals surface area contributed by atoms with Crippen LogP contribution in [0.2, 0.25) is 0 Å². The topological polar surface area (TPSA) is 133 Å². The number of aromatic carboxylic acids is 1. The van der Waals surface area contributed by atoms with E-state index in [4.69, 9.17) is 4.74 Å². The third kappa shape index (κ3) is 4.24. The van der Waals surface area contributed by atoms with Crippen molar-refractivity contribution in [3.05, 3.63) is 57.8 Å². The van der Waals surface area contributed by atoms with Gasteiger partial charge in [0.25, 0.3) is 0 Å². The molecule has 2 aromatic rings. The summed E-state index contributed by atoms with van der Waals surface area (Å²) in [6.45, 7) is 3.53. The van der Waals surface area contributed by atoms with E-state index in [0.29, 0.717) is 19.3 Å². The van der Waals surface area contributed by atoms with Crippen molar-refractivity contribution >= 4 is 35.1 Å². The third-order valence-electron chi connectivity index (χ3n) is 9.85. The average molecular weight is 640 g/mol. The van der Waals surface area contributed by atoms with Crippen LogP contribution in [0.5, 0.6) is 11.5 Å². The van der Waals surface area contributed by atoms with Crippen molar-refractivity contribution in [2.24, 2.45) is 22.7 Å². The Hall–Kier alpha value is -3.65. The standard InChI is InChI=1S/C30H26F5NO7S/c1-28(6-5-16(38)36-22-13(37)4-3-12(23(22)39)27(41)42)25-14-7-11-8-30(25,10-29(11,2)43-14)9-15(26(28)40)44-24-20(34)18(32)17(31)19(33)21(24)35/h3-4,9,11,14,25,37,39H,5-8,10H2,1-2H3,(H,36,38)(H,41,42)/t11-,14+,25+,28+,29+,30-/m1/s1. The first kappa shape index (κ1) is 30.4. The SMILES string of the molecule is C[C@]12C[C@@]34C=C(Sc5c(F)c(F)c(F)c(F)c5F)C(=O)[C@@](C)(CCC(=O)Nc5c(O)ccc(C(=O)O)c5O)[C@@H]3[C@H](C[C@@H]1C4)O2. The van der Waals surface area contributed by atoms with Gasteiger partial charge in [0.15, 0.2) is 34.8 Å². The quantitative estimate of drug-likeness (QED) is 0.125. The van der Waals surface area contributed by atoms with Crippen molar-refractivity contribution in [3.8, 4) is 11.5 Å². The van der Waals surface area contributed by atoms with Crippen LogP contribution in [0.25, 0.3) is 0 Å². The normalized spacial score (nSPS) is 31.7. The summed E-state index contributed by atoms with van der Waals surface area (Å²) in [6.07, 6.45) is 2.33. The molecule has 4 N–H and O–H groups in total. The lowest BCUT2D eigenvalue weighted by Crippen LogP contribution is -2.57. The van der Waals surface area contributed by atoms with Gasteiger partial charge in [0, 0.05) is 17.8 Å². The molecule has 8 nitrogen and oxygen atoms in total. The van der Waals surface area contributed by atoms with E-state index >= 15 is 0 Å². The van der Waals surface area contributed by atoms with E-state index in [1.54, 1.807) is 13.0 Å². The monoisotopic (exact) mass is 639 g/mol. The largest absolute Gasteiger partial charge is 0.506 e. The number of carboxylic acid groups (broad SMARTS) is 1. The van der Waals surface area contributed by atoms with Gasteiger partial charge < -0.3 is 25.4 Å². The minimum atomic E-state index is -2.31. The smallest absolute Gasteiger partial charge is 0.339 e. The number of carbonyl (C=O) groups excluding carboxylic acids is 2. The number of ether oxygens (including phenoxy) is 1. The first-order chi connectivity index (χ1) is 20.5. The van der Waals surface area contributed by atoms with Gasteiger partial charge in [-0.25, -0.2) is 26.7 Å². The summed E-state index contributed by atoms with van der Waals surface area (Å²) in [5, 5.41) is 32.0. The number of phenols is 2. The van der Waals surface area contributed by atoms with Crippen LogP contribution < -0.4 is 5.32 Å². The maximum absolute atomic E-state index is 14.7. The number of aromatic hydroxyl groups is 2. The van der Waals surface area contributed by atoms with Crippen molar-refractivity contribution in [3.63, 3.8) is 0 Å². The number of halogens is 5. The highest BCUT2D eigenvalue weighted by Gasteiger charge is 2.72. The highest BCUT2D eigenvalue weighted by Crippen LogP contribution is 2.73. The predicted octanol–water partition coefficient (Wildman–Crippen LogP) is 6.05. The van der Waals surface area contributed by atoms with E-state index in [-0.39, 0.29) is 41.5 Å². The lowest BCUT2D eigenvalue weighted by atomic mass is 9.51. The van der Waals surface area contributed by atoms with Crippen LogP contribution in [0.15, 0.2) is 28.0 Å². The molecule has 7 rings (SSSR count). The van der Waals surface area contributed by atoms with Gasteiger partial charge in [0.2, 0.25) is 11.7 Å². The highest BCUT2D eigenvalue weighted by atomic mass is 32.2. The Labute approximate surface area is 251 Å². The zero-order valence-electron chi connectivity index (χ0n) is 23.3. The summed E-state index contributed by atoms with van der Waals surface area (Å²) >= 11 is 0.165. The number of anilines is 1. The van der Waals surface area contributed by atoms with Crippen molar-refractivity contribution in [1.82, 2.24) is 0 Å². The molecule has 14 heteroatoms. The molecule has 4 fully saturated rings. The van der Waals surface area contributed by atoms with Crippen molar-refractivity contribution in [1.29, 1.82) is 0 Å². The molecule has 2 saturated carbocycles. The van der Waals surface area contributed by atoms with E-state index in [1.165, 1.54) is 0 Å². The van der Waals surface area contributed by atoms with Crippen LogP contribution >= 0.6 is 11.8 Å². The Morgan fingerprint density at radius 2 is 1.68 bits per heavy atom. The maximum Gasteiger partial charge on any atom is 0.339 e. The number of carboxylic acids is 1. The molecule has 0 radical (unpaired) electrons. The highest BCUT2D eigenvalue weighted by molar-refractivity contribution is 8.04. The third-order valence-corrected chi connectivity index (χ3v) is 10.9. The van der Waals surface area contributed by atoms with Gasteiger partial charge in [0.05, 0.1) is 21.5 Å². The summed E-state index contributed by atoms with van der Waals surface area (Å²) in [5.41, 5.74) is -3.74. The van der Waals surface area contributed by atoms with Crippen molar-refractivity contribution in [2.45, 2.75) is 62.6 Å². The number of hydrogen-bond acceptors (Lipinski definition) is 7. The molecule has 234 valence electrons. The van der Waals surface area contributed by atoms with E-state index in [0.717, 1.165) is 12.1 Å². The minimum absolute atomic E-state index is 0.119. The number of amides is 1. The number of phenolic OH excluding ortho intramolecular Hbond substituents is 1. The number of benzene rings is 2. The molecule has 1 amide bonds. The van der Waals surface area contributed by atoms with Gasteiger partial charge in [-0.2, -0.15) is 0 Å². The van der Waals surface area contributed by atoms with E-state index < -0.39 is 96.7 Å². The lowest BCUT2D eigenvalue weighted by molar-refractivity contribution is -0.169. The Kier molecular flexibility index (Phi) is 6.85. The van der Waals surface area contributed by atoms with Crippen LogP contribution in [0.3, 0.4) is 0 Å². The summed E-state index contributed by atoms with van der Waals surface area (Å²) < 4.78 is 77.6. The van der Waals surface area contributed by atoms with Gasteiger partial charge in [0.1, 0.15) is 17.0 Å². The number of Topliss-reactive ketones (excluding diaryl/α,β-unsaturated/α-hetero) is 1. The molecule has 2 saturated heterocycles. The van der Waals surface area contributed by atoms with E-state index in [2.05, 4.69) is 5.32 Å². The van der Waals surface area contributed by atoms with Crippen LogP contribution in [0, 0.1) is 51.8 Å². The van der Waals surface area contributed by atoms with E-state index in [9.17, 15) is 51.7 Å². The maximum atomic E-state index is 14.7. The van der Waals surface area contributed by atoms with Gasteiger partial charge in [-0.3, -0.25) is 9.59 Å². The molecule has 4 bridgehead atoms. The number of hydrogen-bond donors (Lipinski definition) is 4. The van der Waals surface area contributed by atoms with Crippen molar-refractivity contribution < 1.29 is 56.4 Å². The summed E-state index contributed by atoms with van der Waals surface area (Å²) in [7, 11) is 0. The van der Waals surface area contributed by atoms with Gasteiger partial charge in [-0.05, 0) is 56.1 Å². The Morgan fingerprint density at radius 3 is 2.30 bits per heavy atom. The summed E-state index contributed by atoms with van der Waals surface area (Å²) in [4.78, 5) is 37.2. The molecule has 2 aromatic carbocycles. The fourth-order valence-corrected chi connectivity index (χ4v) is 9.27. The first-order valence-electron chi connectivity index (χ1n) is 13.8. The molecule has 6 atom stereocenters. The fraction of sp³-hybridized carbons (Fsp3) is 0.433. The molecule has 5 aliphatic rings. The fourth-order valence-electron chi connectivity index (χ4n) is 8.08. The van der Waals surface area contributed by atoms with Crippen LogP contribution in [0.1, 0.15) is 56.3 Å². The van der Waals surface area contributed by atoms with Gasteiger partial charge in [-0.15, -0.1) is 0 Å². The average Bonchev–Trinajstić information content (AvgIpc) is 3.33. The number of allylic oxidation sites excluding steroid dienone is 2. The second kappa shape index (κ2) is 9.93. The molecule has 2 aliphatic heterocycles. The molecule has 0 aromatic heterocycles. The van der Waals surface area contributed by atoms with Crippen LogP contribution in [-0.4, -0.2) is 44.7 Å². The molecule has 1 spiro atoms. The lowest BCUT2D eigenvalue weighted by Gasteiger charge is -2.56. The zero-order chi connectivity index (χ0) is 32.1. The van der Waals surface area contributed by atoms with E-state index in [1.807, 2.05) is 6.92 Å². The number of ketones is 1. The molecular weight excluding hydrogens is 613 g/mol. The number of nitrogens with one attached hydrogen (secondary N) is 1. The molecule has 2 heterocycles. The molecular formula is C30H26F5NO7S. The second-order valence-corrected chi connectivity index (χ2v) is 13.5. The number of rotatable bonds is 7. The number of carbonyl (C=O) groups is 3. The van der Waals surface area contributed by atoms with Gasteiger partial charge >= 0.3 is 5.97 Å². The van der Waals surface area contributed by atoms with Crippen LogP contribution in [-0.2, 0) is 14.3 Å². The van der Waals surface area contributed by atoms with Crippen molar-refractivity contribution in [2.75, 3.05) is 5.32 Å².